The van der Waals surface area contributed by atoms with Crippen LogP contribution in [0.25, 0.3) is 11.0 Å². The average Bonchev–Trinajstić information content (AvgIpc) is 3.53. The molecule has 1 aliphatic carbocycles. The van der Waals surface area contributed by atoms with Crippen molar-refractivity contribution in [1.29, 1.82) is 5.26 Å². The summed E-state index contributed by atoms with van der Waals surface area (Å²) in [5.41, 5.74) is 5.27. The van der Waals surface area contributed by atoms with Gasteiger partial charge in [-0.05, 0) is 25.5 Å². The zero-order chi connectivity index (χ0) is 23.5. The molecular formula is C21H15F4N7S. The number of anilines is 2. The number of aliphatic imine (C=N–C) groups is 1. The van der Waals surface area contributed by atoms with Gasteiger partial charge in [0.2, 0.25) is 0 Å². The first-order chi connectivity index (χ1) is 15.7. The maximum Gasteiger partial charge on any atom is 0.253 e. The van der Waals surface area contributed by atoms with Gasteiger partial charge in [0.25, 0.3) is 6.43 Å². The van der Waals surface area contributed by atoms with Gasteiger partial charge in [0.05, 0.1) is 21.4 Å². The Labute approximate surface area is 189 Å². The molecule has 0 saturated heterocycles. The van der Waals surface area contributed by atoms with Gasteiger partial charge < -0.3 is 11.1 Å². The molecule has 1 aliphatic heterocycles. The van der Waals surface area contributed by atoms with Gasteiger partial charge >= 0.3 is 0 Å². The van der Waals surface area contributed by atoms with E-state index in [1.807, 2.05) is 6.07 Å². The number of nitriles is 1. The highest BCUT2D eigenvalue weighted by molar-refractivity contribution is 8.15. The molecular weight excluding hydrogens is 458 g/mol. The van der Waals surface area contributed by atoms with Crippen LogP contribution < -0.4 is 11.1 Å². The summed E-state index contributed by atoms with van der Waals surface area (Å²) in [6, 6.07) is 5.72. The Bertz CT molecular complexity index is 1370. The SMILES string of the molecule is C[C@]1(c2cc(Nc3ncnc4cc(C#N)cnc34)cc(F)c2F)N=C(N)S[C@@]2(C(F)F)C[C@@H]12. The van der Waals surface area contributed by atoms with Crippen molar-refractivity contribution in [3.63, 3.8) is 0 Å². The van der Waals surface area contributed by atoms with Gasteiger partial charge in [-0.25, -0.2) is 32.5 Å². The van der Waals surface area contributed by atoms with Crippen molar-refractivity contribution >= 4 is 39.5 Å². The average molecular weight is 473 g/mol. The standard InChI is InChI=1S/C21H15F4N7S/c1-20(14-5-21(14,18(24)25)33-19(27)32-20)11-3-10(4-12(22)15(11)23)31-17-16-13(29-8-30-17)2-9(6-26)7-28-16/h2-4,7-8,14,18H,5H2,1H3,(H2,27,32)(H,29,30,31)/t14-,20+,21-/m0/s1. The number of fused-ring (bicyclic) bond motifs is 2. The van der Waals surface area contributed by atoms with E-state index in [9.17, 15) is 17.6 Å². The second kappa shape index (κ2) is 7.28. The Morgan fingerprint density at radius 1 is 1.24 bits per heavy atom. The number of halogens is 4. The maximum absolute atomic E-state index is 15.0. The van der Waals surface area contributed by atoms with E-state index in [4.69, 9.17) is 11.0 Å². The Hall–Kier alpha value is -3.46. The zero-order valence-corrected chi connectivity index (χ0v) is 17.8. The number of pyridine rings is 1. The maximum atomic E-state index is 15.0. The molecule has 3 atom stereocenters. The van der Waals surface area contributed by atoms with Crippen LogP contribution in [0.15, 0.2) is 35.7 Å². The summed E-state index contributed by atoms with van der Waals surface area (Å²) in [6.07, 6.45) is -0.0359. The second-order valence-electron chi connectivity index (χ2n) is 8.08. The minimum absolute atomic E-state index is 0.0798. The van der Waals surface area contributed by atoms with Crippen molar-refractivity contribution in [2.45, 2.75) is 30.1 Å². The predicted molar refractivity (Wildman–Crippen MR) is 115 cm³/mol. The number of alkyl halides is 2. The van der Waals surface area contributed by atoms with Crippen LogP contribution in [-0.2, 0) is 5.54 Å². The van der Waals surface area contributed by atoms with Crippen molar-refractivity contribution in [2.75, 3.05) is 5.32 Å². The molecule has 12 heteroatoms. The first-order valence-corrected chi connectivity index (χ1v) is 10.6. The van der Waals surface area contributed by atoms with Crippen LogP contribution in [0.3, 0.4) is 0 Å². The van der Waals surface area contributed by atoms with Crippen LogP contribution in [0.2, 0.25) is 0 Å². The Balaban J connectivity index is 1.58. The van der Waals surface area contributed by atoms with Gasteiger partial charge in [-0.1, -0.05) is 11.8 Å². The van der Waals surface area contributed by atoms with E-state index in [1.165, 1.54) is 31.6 Å². The molecule has 0 spiro atoms. The third-order valence-electron chi connectivity index (χ3n) is 6.08. The zero-order valence-electron chi connectivity index (χ0n) is 17.0. The molecule has 2 aliphatic rings. The molecule has 1 saturated carbocycles. The van der Waals surface area contributed by atoms with Gasteiger partial charge in [0.1, 0.15) is 17.9 Å². The summed E-state index contributed by atoms with van der Waals surface area (Å²) in [5, 5.41) is 11.8. The number of hydrogen-bond donors (Lipinski definition) is 2. The van der Waals surface area contributed by atoms with Crippen LogP contribution in [0, 0.1) is 28.9 Å². The number of nitrogens with two attached hydrogens (primary N) is 1. The number of aromatic nitrogens is 3. The lowest BCUT2D eigenvalue weighted by atomic mass is 9.85. The van der Waals surface area contributed by atoms with Crippen LogP contribution in [-0.4, -0.2) is 31.3 Å². The molecule has 2 aromatic heterocycles. The number of benzene rings is 1. The van der Waals surface area contributed by atoms with Gasteiger partial charge in [0.15, 0.2) is 22.6 Å². The summed E-state index contributed by atoms with van der Waals surface area (Å²) >= 11 is 0.787. The van der Waals surface area contributed by atoms with Crippen LogP contribution in [0.5, 0.6) is 0 Å². The molecule has 0 bridgehead atoms. The fourth-order valence-corrected chi connectivity index (χ4v) is 5.70. The lowest BCUT2D eigenvalue weighted by molar-refractivity contribution is 0.123. The molecule has 168 valence electrons. The minimum atomic E-state index is -2.69. The topological polar surface area (TPSA) is 113 Å². The van der Waals surface area contributed by atoms with Gasteiger partial charge in [-0.3, -0.25) is 4.99 Å². The Kier molecular flexibility index (Phi) is 4.72. The third-order valence-corrected chi connectivity index (χ3v) is 7.39. The lowest BCUT2D eigenvalue weighted by Gasteiger charge is -2.34. The molecule has 3 heterocycles. The number of hydrogen-bond acceptors (Lipinski definition) is 8. The summed E-state index contributed by atoms with van der Waals surface area (Å²) in [6.45, 7) is 1.49. The van der Waals surface area contributed by atoms with E-state index in [0.717, 1.165) is 17.8 Å². The number of amidine groups is 1. The van der Waals surface area contributed by atoms with Gasteiger partial charge in [-0.2, -0.15) is 5.26 Å². The largest absolute Gasteiger partial charge is 0.378 e. The molecule has 33 heavy (non-hydrogen) atoms. The van der Waals surface area contributed by atoms with Crippen LogP contribution in [0.1, 0.15) is 24.5 Å². The summed E-state index contributed by atoms with van der Waals surface area (Å²) in [7, 11) is 0. The number of thioether (sulfide) groups is 1. The van der Waals surface area contributed by atoms with Crippen LogP contribution >= 0.6 is 11.8 Å². The van der Waals surface area contributed by atoms with E-state index < -0.39 is 34.3 Å². The molecule has 0 amide bonds. The van der Waals surface area contributed by atoms with Crippen molar-refractivity contribution in [3.8, 4) is 6.07 Å². The summed E-state index contributed by atoms with van der Waals surface area (Å²) < 4.78 is 55.7. The highest BCUT2D eigenvalue weighted by Crippen LogP contribution is 2.68. The fourth-order valence-electron chi connectivity index (χ4n) is 4.37. The smallest absolute Gasteiger partial charge is 0.253 e. The van der Waals surface area contributed by atoms with Crippen molar-refractivity contribution in [3.05, 3.63) is 53.5 Å². The number of nitrogens with one attached hydrogen (secondary N) is 1. The van der Waals surface area contributed by atoms with E-state index in [1.54, 1.807) is 0 Å². The third kappa shape index (κ3) is 3.26. The van der Waals surface area contributed by atoms with E-state index in [-0.39, 0.29) is 28.7 Å². The predicted octanol–water partition coefficient (Wildman–Crippen LogP) is 4.22. The molecule has 3 N–H and O–H groups in total. The van der Waals surface area contributed by atoms with E-state index in [2.05, 4.69) is 25.3 Å². The highest BCUT2D eigenvalue weighted by Gasteiger charge is 2.71. The fraction of sp³-hybridized carbons (Fsp3) is 0.286. The summed E-state index contributed by atoms with van der Waals surface area (Å²) in [5.74, 6) is -2.87. The van der Waals surface area contributed by atoms with Crippen LogP contribution in [0.4, 0.5) is 29.1 Å². The molecule has 1 fully saturated rings. The lowest BCUT2D eigenvalue weighted by Crippen LogP contribution is -2.39. The van der Waals surface area contributed by atoms with Gasteiger partial charge in [-0.15, -0.1) is 0 Å². The summed E-state index contributed by atoms with van der Waals surface area (Å²) in [4.78, 5) is 16.6. The first-order valence-electron chi connectivity index (χ1n) is 9.78. The molecule has 1 aromatic carbocycles. The molecule has 3 aromatic rings. The van der Waals surface area contributed by atoms with Crippen molar-refractivity contribution in [1.82, 2.24) is 15.0 Å². The normalized spacial score (nSPS) is 26.0. The molecule has 0 radical (unpaired) electrons. The number of nitrogens with zero attached hydrogens (tertiary/aromatic N) is 5. The van der Waals surface area contributed by atoms with Gasteiger partial charge in [0, 0.05) is 29.4 Å². The van der Waals surface area contributed by atoms with Crippen molar-refractivity contribution in [2.24, 2.45) is 16.6 Å². The minimum Gasteiger partial charge on any atom is -0.378 e. The molecule has 7 nitrogen and oxygen atoms in total. The monoisotopic (exact) mass is 473 g/mol. The first kappa shape index (κ1) is 21.4. The molecule has 0 unspecified atom stereocenters. The van der Waals surface area contributed by atoms with E-state index >= 15 is 0 Å². The highest BCUT2D eigenvalue weighted by atomic mass is 32.2. The second-order valence-corrected chi connectivity index (χ2v) is 9.46. The quantitative estimate of drug-likeness (QED) is 0.546. The Morgan fingerprint density at radius 3 is 2.76 bits per heavy atom. The number of rotatable bonds is 4. The van der Waals surface area contributed by atoms with Crippen molar-refractivity contribution < 1.29 is 17.6 Å². The van der Waals surface area contributed by atoms with E-state index in [0.29, 0.717) is 16.6 Å². The molecule has 5 rings (SSSR count). The Morgan fingerprint density at radius 2 is 2.03 bits per heavy atom.